The predicted octanol–water partition coefficient (Wildman–Crippen LogP) is 6.23. The van der Waals surface area contributed by atoms with Crippen molar-refractivity contribution >= 4 is 77.6 Å². The van der Waals surface area contributed by atoms with Crippen molar-refractivity contribution in [3.63, 3.8) is 0 Å². The van der Waals surface area contributed by atoms with Gasteiger partial charge in [-0.1, -0.05) is 33.6 Å². The molecule has 3 aromatic carbocycles. The standard InChI is InChI=1S/C45H40BrClN8O8S/c1-21-25-16-23(47)8-10-36(25)64-39(21)30-19-37(51(4)49-30)54-40(57)27-17-31-24(38(45(27,2)42(54)59)26-15-22(46)7-9-33(26)56)11-14-53-43(60)52(44(61)55(31)53)13-12-28-41(58)50(3)32-20-35(63-6)34(62-5)18-29(32)48-28/h7-11,15-16,18-20,27,31,38,56H,12-14,17H2,1-6H3. The van der Waals surface area contributed by atoms with Crippen LogP contribution in [0.1, 0.15) is 42.1 Å². The van der Waals surface area contributed by atoms with E-state index in [2.05, 4.69) is 20.9 Å². The van der Waals surface area contributed by atoms with Crippen molar-refractivity contribution in [2.24, 2.45) is 25.4 Å². The molecule has 19 heteroatoms. The van der Waals surface area contributed by atoms with Crippen LogP contribution >= 0.6 is 38.9 Å². The number of aryl methyl sites for hydroxylation is 4. The number of halogens is 2. The second kappa shape index (κ2) is 14.9. The van der Waals surface area contributed by atoms with E-state index in [1.807, 2.05) is 31.2 Å². The summed E-state index contributed by atoms with van der Waals surface area (Å²) in [6.07, 6.45) is 1.79. The summed E-state index contributed by atoms with van der Waals surface area (Å²) in [4.78, 5) is 79.2. The minimum absolute atomic E-state index is 0.0109. The van der Waals surface area contributed by atoms with Gasteiger partial charge in [0.15, 0.2) is 11.5 Å². The Morgan fingerprint density at radius 3 is 2.48 bits per heavy atom. The van der Waals surface area contributed by atoms with E-state index in [1.165, 1.54) is 55.1 Å². The zero-order valence-electron chi connectivity index (χ0n) is 35.4. The number of anilines is 1. The van der Waals surface area contributed by atoms with E-state index in [0.717, 1.165) is 25.1 Å². The molecule has 3 aliphatic rings. The van der Waals surface area contributed by atoms with E-state index in [-0.39, 0.29) is 43.2 Å². The van der Waals surface area contributed by atoms with Crippen molar-refractivity contribution in [3.05, 3.63) is 124 Å². The van der Waals surface area contributed by atoms with Crippen LogP contribution in [0.3, 0.4) is 0 Å². The molecule has 4 atom stereocenters. The largest absolute Gasteiger partial charge is 0.508 e. The van der Waals surface area contributed by atoms with Crippen molar-refractivity contribution in [2.45, 2.75) is 51.7 Å². The molecule has 1 saturated heterocycles. The Morgan fingerprint density at radius 1 is 0.984 bits per heavy atom. The number of carbonyl (C=O) groups is 2. The molecule has 328 valence electrons. The summed E-state index contributed by atoms with van der Waals surface area (Å²) in [6.45, 7) is 3.55. The normalized spacial score (nSPS) is 20.5. The highest BCUT2D eigenvalue weighted by Gasteiger charge is 2.66. The quantitative estimate of drug-likeness (QED) is 0.136. The summed E-state index contributed by atoms with van der Waals surface area (Å²) in [5, 5.41) is 17.9. The third kappa shape index (κ3) is 5.94. The van der Waals surface area contributed by atoms with Gasteiger partial charge < -0.3 is 19.1 Å². The van der Waals surface area contributed by atoms with Crippen LogP contribution in [0.15, 0.2) is 85.1 Å². The Labute approximate surface area is 381 Å². The lowest BCUT2D eigenvalue weighted by Gasteiger charge is -2.47. The molecular formula is C45H40BrClN8O8S. The van der Waals surface area contributed by atoms with Gasteiger partial charge in [-0.3, -0.25) is 19.1 Å². The zero-order chi connectivity index (χ0) is 45.3. The number of phenols is 1. The molecule has 4 unspecified atom stereocenters. The van der Waals surface area contributed by atoms with E-state index in [9.17, 15) is 19.5 Å². The average molecular weight is 968 g/mol. The van der Waals surface area contributed by atoms with E-state index < -0.39 is 52.0 Å². The van der Waals surface area contributed by atoms with Crippen molar-refractivity contribution in [1.29, 1.82) is 0 Å². The van der Waals surface area contributed by atoms with Crippen LogP contribution in [0.2, 0.25) is 5.02 Å². The van der Waals surface area contributed by atoms with Crippen LogP contribution in [-0.2, 0) is 43.2 Å². The fourth-order valence-corrected chi connectivity index (χ4v) is 11.8. The van der Waals surface area contributed by atoms with Gasteiger partial charge in [0, 0.05) is 70.9 Å². The SMILES string of the molecule is COc1cc2nc(CCn3c(=O)n4n(c3=O)C3CC5C(=O)N(c6cc(-c7sc8ccc(Cl)cc8c7C)nn6C)C(=O)C5(C)C(c5cc(Br)ccc5O)C3=CC4)c(=O)n(C)c2cc1OC. The minimum atomic E-state index is -1.43. The number of thiophene rings is 1. The van der Waals surface area contributed by atoms with Crippen molar-refractivity contribution in [1.82, 2.24) is 33.3 Å². The maximum absolute atomic E-state index is 15.2. The zero-order valence-corrected chi connectivity index (χ0v) is 38.5. The lowest BCUT2D eigenvalue weighted by atomic mass is 9.56. The summed E-state index contributed by atoms with van der Waals surface area (Å²) in [5.74, 6) is -1.81. The number of allylic oxidation sites excluding steroid dienone is 2. The first kappa shape index (κ1) is 41.8. The number of fused-ring (bicyclic) bond motifs is 6. The maximum atomic E-state index is 15.2. The summed E-state index contributed by atoms with van der Waals surface area (Å²) in [5.41, 5.74) is 0.592. The maximum Gasteiger partial charge on any atom is 0.347 e. The van der Waals surface area contributed by atoms with Gasteiger partial charge in [0.25, 0.3) is 5.56 Å². The van der Waals surface area contributed by atoms with Crippen molar-refractivity contribution in [3.8, 4) is 27.8 Å². The van der Waals surface area contributed by atoms with E-state index in [0.29, 0.717) is 48.9 Å². The molecule has 2 fully saturated rings. The second-order valence-corrected chi connectivity index (χ2v) is 19.0. The van der Waals surface area contributed by atoms with Gasteiger partial charge in [-0.25, -0.2) is 33.4 Å². The molecule has 64 heavy (non-hydrogen) atoms. The van der Waals surface area contributed by atoms with Gasteiger partial charge in [0.05, 0.1) is 54.0 Å². The van der Waals surface area contributed by atoms with Crippen LogP contribution in [0, 0.1) is 18.3 Å². The molecule has 0 spiro atoms. The molecule has 2 aliphatic heterocycles. The first-order valence-corrected chi connectivity index (χ1v) is 22.4. The molecule has 16 nitrogen and oxygen atoms in total. The molecule has 2 amide bonds. The minimum Gasteiger partial charge on any atom is -0.508 e. The van der Waals surface area contributed by atoms with Gasteiger partial charge in [0.1, 0.15) is 23.0 Å². The number of hydrogen-bond acceptors (Lipinski definition) is 11. The number of imide groups is 1. The van der Waals surface area contributed by atoms with Crippen molar-refractivity contribution < 1.29 is 24.2 Å². The first-order chi connectivity index (χ1) is 30.6. The molecule has 4 aromatic heterocycles. The molecule has 7 aromatic rings. The Morgan fingerprint density at radius 2 is 1.73 bits per heavy atom. The highest BCUT2D eigenvalue weighted by molar-refractivity contribution is 9.10. The number of amides is 2. The molecule has 1 N–H and O–H groups in total. The molecule has 6 heterocycles. The summed E-state index contributed by atoms with van der Waals surface area (Å²) in [7, 11) is 6.28. The number of hydrogen-bond donors (Lipinski definition) is 1. The smallest absolute Gasteiger partial charge is 0.347 e. The third-order valence-electron chi connectivity index (χ3n) is 13.4. The number of phenolic OH excluding ortho intramolecular Hbond substituents is 1. The third-order valence-corrected chi connectivity index (χ3v) is 15.4. The molecular weight excluding hydrogens is 928 g/mol. The number of rotatable bonds is 8. The van der Waals surface area contributed by atoms with Crippen LogP contribution < -0.4 is 31.3 Å². The molecule has 1 saturated carbocycles. The number of carbonyl (C=O) groups excluding carboxylic acids is 2. The van der Waals surface area contributed by atoms with Crippen LogP contribution in [0.5, 0.6) is 17.2 Å². The molecule has 0 radical (unpaired) electrons. The van der Waals surface area contributed by atoms with Gasteiger partial charge >= 0.3 is 11.4 Å². The predicted molar refractivity (Wildman–Crippen MR) is 245 cm³/mol. The number of nitrogens with zero attached hydrogens (tertiary/aromatic N) is 8. The second-order valence-electron chi connectivity index (χ2n) is 16.6. The fraction of sp³-hybridized carbons (Fsp3) is 0.311. The van der Waals surface area contributed by atoms with E-state index >= 15 is 9.59 Å². The van der Waals surface area contributed by atoms with E-state index in [4.69, 9.17) is 26.2 Å². The summed E-state index contributed by atoms with van der Waals surface area (Å²) < 4.78 is 19.2. The highest BCUT2D eigenvalue weighted by atomic mass is 79.9. The van der Waals surface area contributed by atoms with Crippen LogP contribution in [0.25, 0.3) is 31.7 Å². The van der Waals surface area contributed by atoms with E-state index in [1.54, 1.807) is 51.4 Å². The van der Waals surface area contributed by atoms with Gasteiger partial charge in [-0.15, -0.1) is 11.3 Å². The topological polar surface area (TPSA) is 178 Å². The van der Waals surface area contributed by atoms with Gasteiger partial charge in [0.2, 0.25) is 11.8 Å². The number of ether oxygens (including phenoxy) is 2. The highest BCUT2D eigenvalue weighted by Crippen LogP contribution is 2.62. The lowest BCUT2D eigenvalue weighted by Crippen LogP contribution is -2.49. The average Bonchev–Trinajstić information content (AvgIpc) is 3.95. The number of aromatic nitrogens is 7. The van der Waals surface area contributed by atoms with Gasteiger partial charge in [-0.2, -0.15) is 5.10 Å². The summed E-state index contributed by atoms with van der Waals surface area (Å²) >= 11 is 11.4. The lowest BCUT2D eigenvalue weighted by molar-refractivity contribution is -0.129. The Kier molecular flexibility index (Phi) is 9.73. The summed E-state index contributed by atoms with van der Waals surface area (Å²) in [6, 6.07) is 14.8. The molecule has 1 aliphatic carbocycles. The molecule has 0 bridgehead atoms. The monoisotopic (exact) mass is 966 g/mol. The number of aromatic hydroxyl groups is 1. The fourth-order valence-electron chi connectivity index (χ4n) is 10.1. The number of methoxy groups -OCH3 is 2. The van der Waals surface area contributed by atoms with Crippen LogP contribution in [-0.4, -0.2) is 64.4 Å². The van der Waals surface area contributed by atoms with Crippen LogP contribution in [0.4, 0.5) is 5.82 Å². The Bertz CT molecular complexity index is 3420. The van der Waals surface area contributed by atoms with Crippen molar-refractivity contribution in [2.75, 3.05) is 19.1 Å². The Balaban J connectivity index is 1.05. The first-order valence-electron chi connectivity index (χ1n) is 20.4. The van der Waals surface area contributed by atoms with Gasteiger partial charge in [-0.05, 0) is 73.2 Å². The molecule has 10 rings (SSSR count). The Hall–Kier alpha value is -6.24. The number of benzene rings is 3.